The van der Waals surface area contributed by atoms with Crippen LogP contribution in [0, 0.1) is 46.3 Å². The van der Waals surface area contributed by atoms with Crippen molar-refractivity contribution in [3.05, 3.63) is 28.9 Å². The molecule has 11 atom stereocenters. The van der Waals surface area contributed by atoms with Crippen LogP contribution in [0.4, 0.5) is 0 Å². The van der Waals surface area contributed by atoms with Crippen LogP contribution in [0.1, 0.15) is 104 Å². The first-order chi connectivity index (χ1) is 29.0. The molecule has 8 bridgehead atoms. The Morgan fingerprint density at radius 3 is 1.87 bits per heavy atom. The van der Waals surface area contributed by atoms with Gasteiger partial charge in [-0.2, -0.15) is 11.4 Å². The van der Waals surface area contributed by atoms with Crippen molar-refractivity contribution in [2.75, 3.05) is 0 Å². The van der Waals surface area contributed by atoms with E-state index in [4.69, 9.17) is 26.0 Å². The number of carbonyl (C=O) groups is 8. The average molecular weight is 919 g/mol. The third-order valence-electron chi connectivity index (χ3n) is 14.2. The third-order valence-corrected chi connectivity index (χ3v) is 14.2. The van der Waals surface area contributed by atoms with Crippen LogP contribution >= 0.6 is 0 Å². The maximum atomic E-state index is 13.5. The molecule has 1 spiro atoms. The number of rotatable bonds is 18. The summed E-state index contributed by atoms with van der Waals surface area (Å²) in [6, 6.07) is -1.86. The predicted molar refractivity (Wildman–Crippen MR) is 201 cm³/mol. The number of carboxylic acid groups (broad SMARTS) is 6. The maximum Gasteiger partial charge on any atom is 0.222 e. The molecule has 2 amide bonds. The third kappa shape index (κ3) is 9.87. The molecule has 3 N–H and O–H groups in total. The van der Waals surface area contributed by atoms with Crippen molar-refractivity contribution in [3.63, 3.8) is 0 Å². The van der Waals surface area contributed by atoms with E-state index in [0.717, 1.165) is 0 Å². The van der Waals surface area contributed by atoms with Gasteiger partial charge in [0.1, 0.15) is 5.66 Å². The van der Waals surface area contributed by atoms with Gasteiger partial charge in [-0.3, -0.25) is 24.6 Å². The van der Waals surface area contributed by atoms with Crippen molar-refractivity contribution in [3.8, 4) is 0 Å². The summed E-state index contributed by atoms with van der Waals surface area (Å²) in [4.78, 5) is 114. The van der Waals surface area contributed by atoms with Crippen LogP contribution in [0.25, 0.3) is 5.32 Å². The summed E-state index contributed by atoms with van der Waals surface area (Å²) in [6.07, 6.45) is -1.58. The Bertz CT molecular complexity index is 2120. The number of nitrogens with zero attached hydrogens (tertiary/aromatic N) is 4. The molecule has 0 aromatic carbocycles. The van der Waals surface area contributed by atoms with Gasteiger partial charge in [-0.1, -0.05) is 26.0 Å². The summed E-state index contributed by atoms with van der Waals surface area (Å²) in [5, 5.41) is 80.1. The van der Waals surface area contributed by atoms with E-state index in [1.165, 1.54) is 12.2 Å². The molecule has 0 saturated carbocycles. The Labute approximate surface area is 372 Å². The summed E-state index contributed by atoms with van der Waals surface area (Å²) in [5.74, 6) is -15.3. The fraction of sp³-hybridized carbons (Fsp3) is 0.643. The number of hydrogen-bond donors (Lipinski definition) is 2. The van der Waals surface area contributed by atoms with Crippen molar-refractivity contribution < 1.29 is 85.5 Å². The Kier molecular flexibility index (Phi) is 14.4. The summed E-state index contributed by atoms with van der Waals surface area (Å²) < 4.78 is 0. The number of nitrogens with two attached hydrogens (primary N) is 1. The van der Waals surface area contributed by atoms with Gasteiger partial charge in [0, 0.05) is 118 Å². The van der Waals surface area contributed by atoms with E-state index in [-0.39, 0.29) is 90.7 Å². The molecule has 6 aliphatic rings. The van der Waals surface area contributed by atoms with E-state index in [1.54, 1.807) is 13.8 Å². The monoisotopic (exact) mass is 917 g/mol. The van der Waals surface area contributed by atoms with Gasteiger partial charge in [-0.25, -0.2) is 0 Å². The number of fused-ring (bicyclic) bond motifs is 4. The Morgan fingerprint density at radius 1 is 0.730 bits per heavy atom. The van der Waals surface area contributed by atoms with Gasteiger partial charge in [0.05, 0.1) is 12.1 Å². The SMILES string of the molecule is C[C@@]12CC(=O)N[C@@]13C[C@@H]1N=C(C[C@H]4N=C(C=C5[N-]C(=CC(=N3)[C@H]2CCC(=O)[O-])[C@@H](CC(=O)[O-])[C@@H]5CCC(=O)[O-])[C@@H](CCC(=O)[O-])[C@@H]4CC(=O)[O-])[C@@](C)(CC(N)=O)[C@@H]1CCC(=O)[O-].[Ni]. The van der Waals surface area contributed by atoms with Crippen molar-refractivity contribution >= 4 is 64.8 Å². The van der Waals surface area contributed by atoms with Gasteiger partial charge in [0.25, 0.3) is 0 Å². The first-order valence-electron chi connectivity index (χ1n) is 20.7. The summed E-state index contributed by atoms with van der Waals surface area (Å²) in [6.45, 7) is 3.43. The molecule has 2 fully saturated rings. The number of amides is 2. The van der Waals surface area contributed by atoms with E-state index in [0.29, 0.717) is 5.71 Å². The molecule has 0 radical (unpaired) electrons. The molecule has 0 aromatic heterocycles. The normalized spacial score (nSPS) is 33.9. The average Bonchev–Trinajstić information content (AvgIpc) is 3.82. The molecule has 6 rings (SSSR count). The van der Waals surface area contributed by atoms with Crippen molar-refractivity contribution in [2.24, 2.45) is 67.0 Å². The van der Waals surface area contributed by atoms with Crippen LogP contribution in [0.3, 0.4) is 0 Å². The fourth-order valence-electron chi connectivity index (χ4n) is 11.4. The van der Waals surface area contributed by atoms with Crippen LogP contribution < -0.4 is 41.7 Å². The Hall–Kier alpha value is -5.46. The fourth-order valence-corrected chi connectivity index (χ4v) is 11.4. The number of hydrogen-bond acceptors (Lipinski definition) is 17. The van der Waals surface area contributed by atoms with Gasteiger partial charge < -0.3 is 75.8 Å². The van der Waals surface area contributed by atoms with E-state index in [9.17, 15) is 69.0 Å². The molecule has 2 saturated heterocycles. The summed E-state index contributed by atoms with van der Waals surface area (Å²) in [7, 11) is 0. The van der Waals surface area contributed by atoms with E-state index < -0.39 is 150 Å². The molecule has 6 aliphatic heterocycles. The minimum absolute atomic E-state index is 0. The Morgan fingerprint density at radius 2 is 1.29 bits per heavy atom. The number of primary amides is 1. The van der Waals surface area contributed by atoms with Gasteiger partial charge in [-0.05, 0) is 87.9 Å². The van der Waals surface area contributed by atoms with Crippen LogP contribution in [0.5, 0.6) is 0 Å². The maximum absolute atomic E-state index is 13.5. The molecule has 20 nitrogen and oxygen atoms in total. The molecular formula is C42H47N6NiO14-7. The second-order valence-electron chi connectivity index (χ2n) is 18.0. The predicted octanol–water partition coefficient (Wildman–Crippen LogP) is -4.76. The number of aliphatic carboxylic acids is 6. The van der Waals surface area contributed by atoms with Gasteiger partial charge in [-0.15, -0.1) is 0 Å². The van der Waals surface area contributed by atoms with Crippen molar-refractivity contribution in [1.82, 2.24) is 5.32 Å². The molecule has 0 aliphatic carbocycles. The molecule has 346 valence electrons. The minimum atomic E-state index is -1.54. The number of aliphatic imine (C=N–C) groups is 3. The van der Waals surface area contributed by atoms with Gasteiger partial charge in [0.2, 0.25) is 11.8 Å². The minimum Gasteiger partial charge on any atom is -0.664 e. The van der Waals surface area contributed by atoms with Crippen LogP contribution in [0.2, 0.25) is 0 Å². The second-order valence-corrected chi connectivity index (χ2v) is 18.0. The quantitative estimate of drug-likeness (QED) is 0.122. The van der Waals surface area contributed by atoms with Gasteiger partial charge >= 0.3 is 0 Å². The standard InChI is InChI=1S/C42H54N6O14.Ni/c1-40(17-32(43)49)23(5-9-36(55)56)30-16-42-41(2,18-33(50)48-42)24(6-10-37(57)58)29(47-42)14-27-21(11-38(59)60)19(3-7-34(51)52)25(44-27)13-26-20(4-8-35(53)54)22(12-39(61)62)28(45-26)15-31(40)46-30;/h13-14,19-24,28,30H,3-12,15-18H2,1-2H3,(H10,43,44,45,47,48,49,50,51,52,53,54,55,56,57,58,59,60,61,62);/p-7/t19-,20-,21-,22-,23+,24+,28+,30-,40-,41-,42-;/m0./s1. The largest absolute Gasteiger partial charge is 0.664 e. The summed E-state index contributed by atoms with van der Waals surface area (Å²) >= 11 is 0. The molecule has 63 heavy (non-hydrogen) atoms. The molecule has 6 heterocycles. The van der Waals surface area contributed by atoms with Crippen LogP contribution in [0.15, 0.2) is 38.5 Å². The first kappa shape index (κ1) is 48.6. The second kappa shape index (κ2) is 18.7. The zero-order valence-electron chi connectivity index (χ0n) is 34.6. The number of carbonyl (C=O) groups excluding carboxylic acids is 8. The molecular weight excluding hydrogens is 871 g/mol. The zero-order valence-corrected chi connectivity index (χ0v) is 35.6. The number of allylic oxidation sites excluding steroid dienone is 4. The first-order valence-corrected chi connectivity index (χ1v) is 20.7. The molecule has 0 unspecified atom stereocenters. The van der Waals surface area contributed by atoms with Crippen molar-refractivity contribution in [1.29, 1.82) is 0 Å². The molecule has 21 heteroatoms. The van der Waals surface area contributed by atoms with Crippen LogP contribution in [-0.2, 0) is 54.8 Å². The van der Waals surface area contributed by atoms with E-state index >= 15 is 0 Å². The van der Waals surface area contributed by atoms with E-state index in [2.05, 4.69) is 5.32 Å². The van der Waals surface area contributed by atoms with Gasteiger partial charge in [0.15, 0.2) is 0 Å². The molecule has 0 aromatic rings. The smallest absolute Gasteiger partial charge is 0.222 e. The van der Waals surface area contributed by atoms with E-state index in [1.807, 2.05) is 0 Å². The topological polar surface area (TPSA) is 364 Å². The zero-order chi connectivity index (χ0) is 45.5. The number of nitrogens with one attached hydrogen (secondary N) is 1. The Balaban J connectivity index is 0.00000748. The number of carboxylic acids is 6. The van der Waals surface area contributed by atoms with Crippen LogP contribution in [-0.4, -0.2) is 82.5 Å². The van der Waals surface area contributed by atoms with Crippen molar-refractivity contribution in [2.45, 2.75) is 121 Å². The summed E-state index contributed by atoms with van der Waals surface area (Å²) in [5.41, 5.74) is 2.82.